The highest BCUT2D eigenvalue weighted by molar-refractivity contribution is 9.10. The summed E-state index contributed by atoms with van der Waals surface area (Å²) in [6.07, 6.45) is 3.06. The van der Waals surface area contributed by atoms with Gasteiger partial charge in [0.1, 0.15) is 11.6 Å². The lowest BCUT2D eigenvalue weighted by atomic mass is 9.92. The Kier molecular flexibility index (Phi) is 4.40. The van der Waals surface area contributed by atoms with Gasteiger partial charge < -0.3 is 10.1 Å². The molecule has 1 atom stereocenters. The summed E-state index contributed by atoms with van der Waals surface area (Å²) in [5.74, 6) is 0.965. The molecule has 0 saturated carbocycles. The van der Waals surface area contributed by atoms with Gasteiger partial charge in [-0.3, -0.25) is 0 Å². The smallest absolute Gasteiger partial charge is 0.139 e. The van der Waals surface area contributed by atoms with E-state index >= 15 is 0 Å². The summed E-state index contributed by atoms with van der Waals surface area (Å²) >= 11 is 3.40. The number of rotatable bonds is 3. The monoisotopic (exact) mass is 301 g/mol. The minimum absolute atomic E-state index is 0.171. The standard InChI is InChI=1S/C13H17BrFNO/c1-17-13-10(12(15)5-4-11(13)14)7-9-3-2-6-16-8-9/h4-5,9,16H,2-3,6-8H2,1H3. The Morgan fingerprint density at radius 2 is 2.35 bits per heavy atom. The summed E-state index contributed by atoms with van der Waals surface area (Å²) in [6, 6.07) is 3.19. The van der Waals surface area contributed by atoms with Crippen molar-refractivity contribution >= 4 is 15.9 Å². The zero-order valence-corrected chi connectivity index (χ0v) is 11.5. The van der Waals surface area contributed by atoms with E-state index in [2.05, 4.69) is 21.2 Å². The topological polar surface area (TPSA) is 21.3 Å². The quantitative estimate of drug-likeness (QED) is 0.926. The van der Waals surface area contributed by atoms with Gasteiger partial charge in [0.05, 0.1) is 11.6 Å². The van der Waals surface area contributed by atoms with Gasteiger partial charge in [-0.2, -0.15) is 0 Å². The van der Waals surface area contributed by atoms with Crippen LogP contribution in [-0.2, 0) is 6.42 Å². The van der Waals surface area contributed by atoms with Gasteiger partial charge in [-0.05, 0) is 66.3 Å². The predicted molar refractivity (Wildman–Crippen MR) is 69.9 cm³/mol. The molecule has 0 aromatic heterocycles. The van der Waals surface area contributed by atoms with Crippen molar-refractivity contribution in [1.82, 2.24) is 5.32 Å². The summed E-state index contributed by atoms with van der Waals surface area (Å²) in [5, 5.41) is 3.35. The van der Waals surface area contributed by atoms with E-state index < -0.39 is 0 Å². The third kappa shape index (κ3) is 2.99. The number of methoxy groups -OCH3 is 1. The van der Waals surface area contributed by atoms with Gasteiger partial charge in [0.15, 0.2) is 0 Å². The Hall–Kier alpha value is -0.610. The molecular formula is C13H17BrFNO. The first-order valence-corrected chi connectivity index (χ1v) is 6.73. The first-order valence-electron chi connectivity index (χ1n) is 5.94. The first kappa shape index (κ1) is 12.8. The molecule has 17 heavy (non-hydrogen) atoms. The van der Waals surface area contributed by atoms with Gasteiger partial charge >= 0.3 is 0 Å². The minimum atomic E-state index is -0.171. The maximum Gasteiger partial charge on any atom is 0.139 e. The molecule has 1 aromatic carbocycles. The average molecular weight is 302 g/mol. The lowest BCUT2D eigenvalue weighted by molar-refractivity contribution is 0.357. The second-order valence-electron chi connectivity index (χ2n) is 4.46. The maximum atomic E-state index is 13.9. The number of ether oxygens (including phenoxy) is 1. The molecule has 1 fully saturated rings. The molecule has 2 nitrogen and oxygen atoms in total. The minimum Gasteiger partial charge on any atom is -0.495 e. The Morgan fingerprint density at radius 3 is 3.00 bits per heavy atom. The molecule has 0 aliphatic carbocycles. The van der Waals surface area contributed by atoms with E-state index in [9.17, 15) is 4.39 Å². The fourth-order valence-corrected chi connectivity index (χ4v) is 2.91. The van der Waals surface area contributed by atoms with Gasteiger partial charge in [-0.15, -0.1) is 0 Å². The number of nitrogens with one attached hydrogen (secondary N) is 1. The van der Waals surface area contributed by atoms with Crippen LogP contribution in [0.15, 0.2) is 16.6 Å². The normalized spacial score (nSPS) is 20.3. The molecule has 94 valence electrons. The van der Waals surface area contributed by atoms with Crippen molar-refractivity contribution in [2.45, 2.75) is 19.3 Å². The van der Waals surface area contributed by atoms with Crippen LogP contribution < -0.4 is 10.1 Å². The Morgan fingerprint density at radius 1 is 1.53 bits per heavy atom. The molecule has 1 aliphatic heterocycles. The number of piperidine rings is 1. The highest BCUT2D eigenvalue weighted by Gasteiger charge is 2.19. The SMILES string of the molecule is COc1c(Br)ccc(F)c1CC1CCCNC1. The second kappa shape index (κ2) is 5.83. The van der Waals surface area contributed by atoms with E-state index in [1.165, 1.54) is 12.5 Å². The third-order valence-corrected chi connectivity index (χ3v) is 3.88. The molecule has 0 spiro atoms. The zero-order valence-electron chi connectivity index (χ0n) is 9.93. The Balaban J connectivity index is 2.21. The van der Waals surface area contributed by atoms with Crippen LogP contribution in [0.5, 0.6) is 5.75 Å². The number of benzene rings is 1. The fraction of sp³-hybridized carbons (Fsp3) is 0.538. The van der Waals surface area contributed by atoms with Crippen molar-refractivity contribution in [3.63, 3.8) is 0 Å². The van der Waals surface area contributed by atoms with Gasteiger partial charge in [-0.1, -0.05) is 0 Å². The Labute approximate surface area is 110 Å². The fourth-order valence-electron chi connectivity index (χ4n) is 2.37. The van der Waals surface area contributed by atoms with Crippen LogP contribution in [0.1, 0.15) is 18.4 Å². The molecule has 4 heteroatoms. The van der Waals surface area contributed by atoms with Crippen molar-refractivity contribution < 1.29 is 9.13 Å². The molecule has 0 radical (unpaired) electrons. The zero-order chi connectivity index (χ0) is 12.3. The summed E-state index contributed by atoms with van der Waals surface area (Å²) in [5.41, 5.74) is 0.690. The molecule has 0 bridgehead atoms. The lowest BCUT2D eigenvalue weighted by Gasteiger charge is -2.24. The summed E-state index contributed by atoms with van der Waals surface area (Å²) < 4.78 is 20.0. The van der Waals surface area contributed by atoms with Crippen LogP contribution in [0.3, 0.4) is 0 Å². The Bertz CT molecular complexity index is 391. The second-order valence-corrected chi connectivity index (χ2v) is 5.31. The van der Waals surface area contributed by atoms with E-state index in [1.54, 1.807) is 13.2 Å². The molecular weight excluding hydrogens is 285 g/mol. The van der Waals surface area contributed by atoms with Crippen molar-refractivity contribution in [3.8, 4) is 5.75 Å². The van der Waals surface area contributed by atoms with E-state index in [1.807, 2.05) is 0 Å². The lowest BCUT2D eigenvalue weighted by Crippen LogP contribution is -2.31. The van der Waals surface area contributed by atoms with Gasteiger partial charge in [0, 0.05) is 5.56 Å². The molecule has 1 N–H and O–H groups in total. The van der Waals surface area contributed by atoms with E-state index in [0.29, 0.717) is 17.2 Å². The molecule has 1 saturated heterocycles. The summed E-state index contributed by atoms with van der Waals surface area (Å²) in [7, 11) is 1.59. The summed E-state index contributed by atoms with van der Waals surface area (Å²) in [6.45, 7) is 2.05. The molecule has 1 aromatic rings. The van der Waals surface area contributed by atoms with Gasteiger partial charge in [0.2, 0.25) is 0 Å². The summed E-state index contributed by atoms with van der Waals surface area (Å²) in [4.78, 5) is 0. The van der Waals surface area contributed by atoms with Crippen LogP contribution in [0.25, 0.3) is 0 Å². The van der Waals surface area contributed by atoms with Crippen LogP contribution in [-0.4, -0.2) is 20.2 Å². The van der Waals surface area contributed by atoms with Crippen LogP contribution in [0.4, 0.5) is 4.39 Å². The molecule has 2 rings (SSSR count). The van der Waals surface area contributed by atoms with Crippen molar-refractivity contribution in [1.29, 1.82) is 0 Å². The van der Waals surface area contributed by atoms with Crippen LogP contribution in [0.2, 0.25) is 0 Å². The molecule has 0 amide bonds. The molecule has 1 aliphatic rings. The highest BCUT2D eigenvalue weighted by atomic mass is 79.9. The van der Waals surface area contributed by atoms with Crippen LogP contribution >= 0.6 is 15.9 Å². The van der Waals surface area contributed by atoms with Gasteiger partial charge in [-0.25, -0.2) is 4.39 Å². The highest BCUT2D eigenvalue weighted by Crippen LogP contribution is 2.33. The average Bonchev–Trinajstić information content (AvgIpc) is 2.35. The molecule has 1 unspecified atom stereocenters. The maximum absolute atomic E-state index is 13.9. The van der Waals surface area contributed by atoms with Crippen molar-refractivity contribution in [2.24, 2.45) is 5.92 Å². The number of halogens is 2. The van der Waals surface area contributed by atoms with Gasteiger partial charge in [0.25, 0.3) is 0 Å². The van der Waals surface area contributed by atoms with E-state index in [4.69, 9.17) is 4.74 Å². The number of hydrogen-bond donors (Lipinski definition) is 1. The first-order chi connectivity index (χ1) is 8.22. The number of hydrogen-bond acceptors (Lipinski definition) is 2. The van der Waals surface area contributed by atoms with Crippen molar-refractivity contribution in [3.05, 3.63) is 28.0 Å². The van der Waals surface area contributed by atoms with Crippen LogP contribution in [0, 0.1) is 11.7 Å². The van der Waals surface area contributed by atoms with E-state index in [0.717, 1.165) is 30.4 Å². The predicted octanol–water partition coefficient (Wildman–Crippen LogP) is 3.14. The van der Waals surface area contributed by atoms with Crippen molar-refractivity contribution in [2.75, 3.05) is 20.2 Å². The largest absolute Gasteiger partial charge is 0.495 e. The third-order valence-electron chi connectivity index (χ3n) is 3.25. The molecule has 1 heterocycles. The van der Waals surface area contributed by atoms with E-state index in [-0.39, 0.29) is 5.82 Å².